The quantitative estimate of drug-likeness (QED) is 0.153. The maximum absolute atomic E-state index is 4.98. The summed E-state index contributed by atoms with van der Waals surface area (Å²) < 4.78 is 0. The summed E-state index contributed by atoms with van der Waals surface area (Å²) in [5.74, 6) is 3.91. The summed E-state index contributed by atoms with van der Waals surface area (Å²) in [6.07, 6.45) is 0. The van der Waals surface area contributed by atoms with Crippen molar-refractivity contribution in [2.24, 2.45) is 0 Å². The fraction of sp³-hybridized carbons (Fsp3) is 0.0370. The van der Waals surface area contributed by atoms with Crippen LogP contribution in [0.1, 0.15) is 11.1 Å². The Morgan fingerprint density at radius 1 is 0.250 bits per heavy atom. The normalized spacial score (nSPS) is 11.2. The van der Waals surface area contributed by atoms with E-state index in [0.717, 1.165) is 66.8 Å². The van der Waals surface area contributed by atoms with E-state index >= 15 is 0 Å². The molecule has 60 heavy (non-hydrogen) atoms. The lowest BCUT2D eigenvalue weighted by molar-refractivity contribution is 1.07. The van der Waals surface area contributed by atoms with Crippen LogP contribution in [0.2, 0.25) is 0 Å². The van der Waals surface area contributed by atoms with Crippen LogP contribution >= 0.6 is 0 Å². The largest absolute Gasteiger partial charge is 0.208 e. The van der Waals surface area contributed by atoms with Crippen molar-refractivity contribution in [1.29, 1.82) is 0 Å². The molecule has 284 valence electrons. The molecule has 0 bridgehead atoms. The maximum Gasteiger partial charge on any atom is 0.164 e. The molecule has 6 heteroatoms. The first-order valence-electron chi connectivity index (χ1n) is 20.0. The highest BCUT2D eigenvalue weighted by molar-refractivity contribution is 5.99. The molecule has 6 nitrogen and oxygen atoms in total. The molecule has 0 saturated heterocycles. The van der Waals surface area contributed by atoms with E-state index in [1.807, 2.05) is 84.9 Å². The zero-order valence-electron chi connectivity index (χ0n) is 33.2. The molecule has 2 heterocycles. The second kappa shape index (κ2) is 15.8. The number of aromatic nitrogens is 6. The Kier molecular flexibility index (Phi) is 9.56. The highest BCUT2D eigenvalue weighted by Gasteiger charge is 2.16. The van der Waals surface area contributed by atoms with E-state index in [1.165, 1.54) is 10.8 Å². The van der Waals surface area contributed by atoms with Crippen LogP contribution in [0.5, 0.6) is 0 Å². The van der Waals surface area contributed by atoms with Gasteiger partial charge in [0.15, 0.2) is 34.9 Å². The number of rotatable bonds is 8. The molecule has 0 unspecified atom stereocenters. The molecule has 10 aromatic rings. The van der Waals surface area contributed by atoms with Gasteiger partial charge in [0.25, 0.3) is 0 Å². The van der Waals surface area contributed by atoms with E-state index in [1.54, 1.807) is 0 Å². The Balaban J connectivity index is 0.953. The molecule has 0 aliphatic rings. The smallest absolute Gasteiger partial charge is 0.164 e. The van der Waals surface area contributed by atoms with E-state index in [4.69, 9.17) is 29.9 Å². The third-order valence-corrected chi connectivity index (χ3v) is 10.9. The molecule has 0 atom stereocenters. The van der Waals surface area contributed by atoms with Crippen LogP contribution in [0, 0.1) is 13.8 Å². The monoisotopic (exact) mass is 770 g/mol. The van der Waals surface area contributed by atoms with Gasteiger partial charge in [-0.1, -0.05) is 188 Å². The van der Waals surface area contributed by atoms with E-state index in [2.05, 4.69) is 123 Å². The number of aryl methyl sites for hydroxylation is 2. The van der Waals surface area contributed by atoms with Gasteiger partial charge in [-0.2, -0.15) is 0 Å². The minimum atomic E-state index is 0.640. The van der Waals surface area contributed by atoms with Gasteiger partial charge in [0.2, 0.25) is 0 Å². The highest BCUT2D eigenvalue weighted by atomic mass is 15.0. The fourth-order valence-corrected chi connectivity index (χ4v) is 7.66. The van der Waals surface area contributed by atoms with Crippen molar-refractivity contribution in [3.63, 3.8) is 0 Å². The molecule has 2 aromatic heterocycles. The average Bonchev–Trinajstić information content (AvgIpc) is 3.32. The number of nitrogens with zero attached hydrogens (tertiary/aromatic N) is 6. The van der Waals surface area contributed by atoms with Crippen molar-refractivity contribution in [2.45, 2.75) is 13.8 Å². The first-order valence-corrected chi connectivity index (χ1v) is 20.0. The van der Waals surface area contributed by atoms with Gasteiger partial charge in [0, 0.05) is 33.4 Å². The van der Waals surface area contributed by atoms with Gasteiger partial charge in [-0.15, -0.1) is 0 Å². The second-order valence-corrected chi connectivity index (χ2v) is 14.9. The predicted molar refractivity (Wildman–Crippen MR) is 244 cm³/mol. The zero-order valence-corrected chi connectivity index (χ0v) is 33.2. The van der Waals surface area contributed by atoms with Crippen LogP contribution in [0.4, 0.5) is 0 Å². The molecular weight excluding hydrogens is 733 g/mol. The Bertz CT molecular complexity index is 3140. The van der Waals surface area contributed by atoms with Crippen LogP contribution in [0.15, 0.2) is 194 Å². The second-order valence-electron chi connectivity index (χ2n) is 14.9. The van der Waals surface area contributed by atoms with Crippen LogP contribution in [0.25, 0.3) is 101 Å². The summed E-state index contributed by atoms with van der Waals surface area (Å²) in [5, 5.41) is 2.35. The van der Waals surface area contributed by atoms with Crippen molar-refractivity contribution in [2.75, 3.05) is 0 Å². The molecule has 0 saturated carbocycles. The van der Waals surface area contributed by atoms with Crippen molar-refractivity contribution in [3.05, 3.63) is 205 Å². The number of fused-ring (bicyclic) bond motifs is 1. The van der Waals surface area contributed by atoms with Gasteiger partial charge in [-0.05, 0) is 64.1 Å². The van der Waals surface area contributed by atoms with Crippen molar-refractivity contribution < 1.29 is 0 Å². The van der Waals surface area contributed by atoms with E-state index < -0.39 is 0 Å². The maximum atomic E-state index is 4.98. The van der Waals surface area contributed by atoms with Gasteiger partial charge in [-0.3, -0.25) is 0 Å². The standard InChI is InChI=1S/C54H38N6/c1-35-14-9-11-21-45(35)53-57-49(39-16-5-3-6-17-39)55-51(59-53)41-28-24-37(25-29-41)43-32-33-48-44(34-43)20-13-23-47(48)38-26-30-42(31-27-38)52-56-50(40-18-7-4-8-19-40)58-54(60-52)46-22-12-10-15-36(46)2/h3-34H,1-2H3. The van der Waals surface area contributed by atoms with E-state index in [-0.39, 0.29) is 0 Å². The molecule has 0 radical (unpaired) electrons. The number of hydrogen-bond donors (Lipinski definition) is 0. The third kappa shape index (κ3) is 7.23. The molecule has 0 spiro atoms. The van der Waals surface area contributed by atoms with E-state index in [9.17, 15) is 0 Å². The molecule has 0 aliphatic carbocycles. The van der Waals surface area contributed by atoms with Crippen LogP contribution in [0.3, 0.4) is 0 Å². The summed E-state index contributed by atoms with van der Waals surface area (Å²) in [5.41, 5.74) is 12.5. The number of benzene rings is 8. The van der Waals surface area contributed by atoms with E-state index in [0.29, 0.717) is 34.9 Å². The molecule has 0 fully saturated rings. The highest BCUT2D eigenvalue weighted by Crippen LogP contribution is 2.35. The van der Waals surface area contributed by atoms with Gasteiger partial charge < -0.3 is 0 Å². The lowest BCUT2D eigenvalue weighted by Crippen LogP contribution is -2.01. The lowest BCUT2D eigenvalue weighted by atomic mass is 9.94. The first kappa shape index (κ1) is 36.4. The van der Waals surface area contributed by atoms with Crippen LogP contribution in [-0.2, 0) is 0 Å². The summed E-state index contributed by atoms with van der Waals surface area (Å²) >= 11 is 0. The minimum Gasteiger partial charge on any atom is -0.208 e. The van der Waals surface area contributed by atoms with Crippen molar-refractivity contribution >= 4 is 10.8 Å². The summed E-state index contributed by atoms with van der Waals surface area (Å²) in [7, 11) is 0. The van der Waals surface area contributed by atoms with Crippen LogP contribution in [-0.4, -0.2) is 29.9 Å². The first-order chi connectivity index (χ1) is 29.5. The Morgan fingerprint density at radius 2 is 0.617 bits per heavy atom. The topological polar surface area (TPSA) is 77.3 Å². The van der Waals surface area contributed by atoms with Crippen molar-refractivity contribution in [1.82, 2.24) is 29.9 Å². The third-order valence-electron chi connectivity index (χ3n) is 10.9. The summed E-state index contributed by atoms with van der Waals surface area (Å²) in [4.78, 5) is 29.6. The van der Waals surface area contributed by atoms with Gasteiger partial charge in [-0.25, -0.2) is 29.9 Å². The zero-order chi connectivity index (χ0) is 40.4. The Labute approximate surface area is 349 Å². The van der Waals surface area contributed by atoms with Gasteiger partial charge >= 0.3 is 0 Å². The Hall–Kier alpha value is -7.96. The number of hydrogen-bond acceptors (Lipinski definition) is 6. The lowest BCUT2D eigenvalue weighted by Gasteiger charge is -2.12. The Morgan fingerprint density at radius 3 is 1.10 bits per heavy atom. The summed E-state index contributed by atoms with van der Waals surface area (Å²) in [6.45, 7) is 4.17. The fourth-order valence-electron chi connectivity index (χ4n) is 7.66. The predicted octanol–water partition coefficient (Wildman–Crippen LogP) is 13.2. The molecule has 0 N–H and O–H groups in total. The summed E-state index contributed by atoms with van der Waals surface area (Å²) in [6, 6.07) is 66.8. The van der Waals surface area contributed by atoms with Gasteiger partial charge in [0.05, 0.1) is 0 Å². The molecular formula is C54H38N6. The molecule has 0 aliphatic heterocycles. The average molecular weight is 771 g/mol. The van der Waals surface area contributed by atoms with Crippen molar-refractivity contribution in [3.8, 4) is 90.6 Å². The van der Waals surface area contributed by atoms with Gasteiger partial charge in [0.1, 0.15) is 0 Å². The van der Waals surface area contributed by atoms with Crippen LogP contribution < -0.4 is 0 Å². The molecule has 10 rings (SSSR count). The SMILES string of the molecule is Cc1ccccc1-c1nc(-c2ccccc2)nc(-c2ccc(-c3ccc4c(-c5ccc(-c6nc(-c7ccccc7)nc(-c7ccccc7C)n6)cc5)cccc4c3)cc2)n1. The molecule has 0 amide bonds. The minimum absolute atomic E-state index is 0.640. The molecule has 8 aromatic carbocycles.